The third-order valence-electron chi connectivity index (χ3n) is 2.95. The van der Waals surface area contributed by atoms with Crippen molar-refractivity contribution in [2.24, 2.45) is 5.92 Å². The summed E-state index contributed by atoms with van der Waals surface area (Å²) in [5.41, 5.74) is 0.968. The monoisotopic (exact) mass is 222 g/mol. The second-order valence-corrected chi connectivity index (χ2v) is 4.10. The zero-order chi connectivity index (χ0) is 11.4. The van der Waals surface area contributed by atoms with Crippen LogP contribution >= 0.6 is 0 Å². The molecular formula is C11H18N4O. The summed E-state index contributed by atoms with van der Waals surface area (Å²) in [7, 11) is 1.63. The molecule has 1 aliphatic heterocycles. The van der Waals surface area contributed by atoms with Crippen LogP contribution in [0.5, 0.6) is 5.88 Å². The Morgan fingerprint density at radius 1 is 1.56 bits per heavy atom. The normalized spacial score (nSPS) is 19.8. The van der Waals surface area contributed by atoms with Gasteiger partial charge in [0.25, 0.3) is 0 Å². The first kappa shape index (κ1) is 11.1. The Labute approximate surface area is 95.6 Å². The quantitative estimate of drug-likeness (QED) is 0.789. The van der Waals surface area contributed by atoms with E-state index in [0.29, 0.717) is 11.8 Å². The topological polar surface area (TPSA) is 59.1 Å². The molecule has 1 aromatic heterocycles. The minimum absolute atomic E-state index is 0.641. The number of nitrogens with one attached hydrogen (secondary N) is 2. The van der Waals surface area contributed by atoms with Crippen molar-refractivity contribution in [1.82, 2.24) is 15.3 Å². The lowest BCUT2D eigenvalue weighted by atomic mass is 10.1. The molecule has 0 aliphatic carbocycles. The lowest BCUT2D eigenvalue weighted by molar-refractivity contribution is 0.393. The van der Waals surface area contributed by atoms with Crippen molar-refractivity contribution >= 4 is 5.82 Å². The van der Waals surface area contributed by atoms with Crippen LogP contribution in [0.2, 0.25) is 0 Å². The molecule has 16 heavy (non-hydrogen) atoms. The van der Waals surface area contributed by atoms with Gasteiger partial charge < -0.3 is 15.4 Å². The number of methoxy groups -OCH3 is 1. The molecule has 1 atom stereocenters. The average molecular weight is 222 g/mol. The van der Waals surface area contributed by atoms with E-state index in [1.54, 1.807) is 7.11 Å². The minimum atomic E-state index is 0.641. The van der Waals surface area contributed by atoms with Gasteiger partial charge in [-0.1, -0.05) is 0 Å². The van der Waals surface area contributed by atoms with Crippen LogP contribution in [0.1, 0.15) is 12.0 Å². The van der Waals surface area contributed by atoms with Crippen molar-refractivity contribution in [2.75, 3.05) is 32.1 Å². The molecule has 88 valence electrons. The predicted molar refractivity (Wildman–Crippen MR) is 62.8 cm³/mol. The molecule has 1 aliphatic rings. The summed E-state index contributed by atoms with van der Waals surface area (Å²) in [4.78, 5) is 8.28. The largest absolute Gasteiger partial charge is 0.481 e. The highest BCUT2D eigenvalue weighted by molar-refractivity contribution is 5.47. The number of aromatic nitrogens is 2. The molecule has 1 saturated heterocycles. The number of hydrogen-bond donors (Lipinski definition) is 2. The van der Waals surface area contributed by atoms with E-state index >= 15 is 0 Å². The Kier molecular flexibility index (Phi) is 3.56. The minimum Gasteiger partial charge on any atom is -0.481 e. The average Bonchev–Trinajstić information content (AvgIpc) is 2.81. The summed E-state index contributed by atoms with van der Waals surface area (Å²) >= 11 is 0. The lowest BCUT2D eigenvalue weighted by Gasteiger charge is -2.13. The van der Waals surface area contributed by atoms with Gasteiger partial charge >= 0.3 is 0 Å². The lowest BCUT2D eigenvalue weighted by Crippen LogP contribution is -2.18. The van der Waals surface area contributed by atoms with Crippen LogP contribution in [-0.4, -0.2) is 36.7 Å². The van der Waals surface area contributed by atoms with Crippen LogP contribution in [0, 0.1) is 12.8 Å². The maximum atomic E-state index is 5.15. The van der Waals surface area contributed by atoms with Gasteiger partial charge in [-0.3, -0.25) is 0 Å². The van der Waals surface area contributed by atoms with Crippen molar-refractivity contribution in [3.8, 4) is 5.88 Å². The standard InChI is InChI=1S/C11H18N4O/c1-8-10(14-7-15-11(8)16-2)13-6-9-3-4-12-5-9/h7,9,12H,3-6H2,1-2H3,(H,13,14,15). The van der Waals surface area contributed by atoms with Crippen molar-refractivity contribution in [1.29, 1.82) is 0 Å². The SMILES string of the molecule is COc1ncnc(NCC2CCNC2)c1C. The third kappa shape index (κ3) is 2.41. The molecule has 1 aromatic rings. The first-order valence-corrected chi connectivity index (χ1v) is 5.61. The van der Waals surface area contributed by atoms with E-state index in [9.17, 15) is 0 Å². The van der Waals surface area contributed by atoms with E-state index < -0.39 is 0 Å². The summed E-state index contributed by atoms with van der Waals surface area (Å²) in [6.45, 7) is 5.13. The molecule has 0 aromatic carbocycles. The third-order valence-corrected chi connectivity index (χ3v) is 2.95. The van der Waals surface area contributed by atoms with Gasteiger partial charge in [-0.15, -0.1) is 0 Å². The highest BCUT2D eigenvalue weighted by Gasteiger charge is 2.15. The van der Waals surface area contributed by atoms with E-state index in [2.05, 4.69) is 20.6 Å². The van der Waals surface area contributed by atoms with Gasteiger partial charge in [0.2, 0.25) is 5.88 Å². The molecule has 1 fully saturated rings. The van der Waals surface area contributed by atoms with Crippen LogP contribution in [0.25, 0.3) is 0 Å². The maximum absolute atomic E-state index is 5.15. The first-order chi connectivity index (χ1) is 7.81. The summed E-state index contributed by atoms with van der Waals surface area (Å²) < 4.78 is 5.15. The van der Waals surface area contributed by atoms with Gasteiger partial charge in [-0.25, -0.2) is 9.97 Å². The Morgan fingerprint density at radius 3 is 3.12 bits per heavy atom. The van der Waals surface area contributed by atoms with E-state index in [-0.39, 0.29) is 0 Å². The predicted octanol–water partition coefficient (Wildman–Crippen LogP) is 0.815. The molecule has 2 heterocycles. The van der Waals surface area contributed by atoms with Crippen LogP contribution in [0.3, 0.4) is 0 Å². The van der Waals surface area contributed by atoms with Gasteiger partial charge in [-0.2, -0.15) is 0 Å². The van der Waals surface area contributed by atoms with Crippen molar-refractivity contribution in [3.05, 3.63) is 11.9 Å². The first-order valence-electron chi connectivity index (χ1n) is 5.61. The molecule has 0 amide bonds. The van der Waals surface area contributed by atoms with E-state index in [0.717, 1.165) is 31.0 Å². The van der Waals surface area contributed by atoms with Crippen molar-refractivity contribution in [3.63, 3.8) is 0 Å². The second-order valence-electron chi connectivity index (χ2n) is 4.10. The van der Waals surface area contributed by atoms with Gasteiger partial charge in [0, 0.05) is 6.54 Å². The number of rotatable bonds is 4. The molecule has 2 N–H and O–H groups in total. The van der Waals surface area contributed by atoms with Crippen molar-refractivity contribution in [2.45, 2.75) is 13.3 Å². The van der Waals surface area contributed by atoms with Crippen LogP contribution in [-0.2, 0) is 0 Å². The maximum Gasteiger partial charge on any atom is 0.221 e. The zero-order valence-electron chi connectivity index (χ0n) is 9.79. The molecule has 0 radical (unpaired) electrons. The van der Waals surface area contributed by atoms with Crippen LogP contribution in [0.4, 0.5) is 5.82 Å². The van der Waals surface area contributed by atoms with Gasteiger partial charge in [0.1, 0.15) is 12.1 Å². The molecule has 5 nitrogen and oxygen atoms in total. The summed E-state index contributed by atoms with van der Waals surface area (Å²) in [5, 5.41) is 6.71. The summed E-state index contributed by atoms with van der Waals surface area (Å²) in [6.07, 6.45) is 2.76. The fourth-order valence-corrected chi connectivity index (χ4v) is 1.95. The zero-order valence-corrected chi connectivity index (χ0v) is 9.79. The Bertz CT molecular complexity index is 350. The Balaban J connectivity index is 1.97. The second kappa shape index (κ2) is 5.12. The number of nitrogens with zero attached hydrogens (tertiary/aromatic N) is 2. The molecule has 1 unspecified atom stereocenters. The fraction of sp³-hybridized carbons (Fsp3) is 0.636. The smallest absolute Gasteiger partial charge is 0.221 e. The molecule has 5 heteroatoms. The van der Waals surface area contributed by atoms with E-state index in [1.165, 1.54) is 12.7 Å². The van der Waals surface area contributed by atoms with Gasteiger partial charge in [-0.05, 0) is 32.4 Å². The number of hydrogen-bond acceptors (Lipinski definition) is 5. The molecule has 0 saturated carbocycles. The Morgan fingerprint density at radius 2 is 2.44 bits per heavy atom. The van der Waals surface area contributed by atoms with Crippen LogP contribution < -0.4 is 15.4 Å². The van der Waals surface area contributed by atoms with Crippen molar-refractivity contribution < 1.29 is 4.74 Å². The fourth-order valence-electron chi connectivity index (χ4n) is 1.95. The Hall–Kier alpha value is -1.36. The molecular weight excluding hydrogens is 204 g/mol. The molecule has 0 spiro atoms. The summed E-state index contributed by atoms with van der Waals surface area (Å²) in [5.74, 6) is 2.21. The summed E-state index contributed by atoms with van der Waals surface area (Å²) in [6, 6.07) is 0. The van der Waals surface area contributed by atoms with E-state index in [1.807, 2.05) is 6.92 Å². The van der Waals surface area contributed by atoms with E-state index in [4.69, 9.17) is 4.74 Å². The molecule has 0 bridgehead atoms. The number of ether oxygens (including phenoxy) is 1. The van der Waals surface area contributed by atoms with Crippen LogP contribution in [0.15, 0.2) is 6.33 Å². The van der Waals surface area contributed by atoms with Gasteiger partial charge in [0.05, 0.1) is 12.7 Å². The number of anilines is 1. The van der Waals surface area contributed by atoms with Gasteiger partial charge in [0.15, 0.2) is 0 Å². The highest BCUT2D eigenvalue weighted by atomic mass is 16.5. The molecule has 2 rings (SSSR count). The highest BCUT2D eigenvalue weighted by Crippen LogP contribution is 2.20.